The van der Waals surface area contributed by atoms with Crippen molar-refractivity contribution in [3.63, 3.8) is 0 Å². The van der Waals surface area contributed by atoms with Crippen LogP contribution in [0.15, 0.2) is 30.3 Å². The number of benzene rings is 2. The van der Waals surface area contributed by atoms with Gasteiger partial charge in [0.05, 0.1) is 6.61 Å². The average Bonchev–Trinajstić information content (AvgIpc) is 3.37. The first-order chi connectivity index (χ1) is 10.8. The maximum absolute atomic E-state index is 6.03. The molecule has 1 aliphatic rings. The Bertz CT molecular complexity index is 635. The van der Waals surface area contributed by atoms with Crippen molar-refractivity contribution < 1.29 is 9.47 Å². The number of hydrogen-bond donors (Lipinski definition) is 1. The van der Waals surface area contributed by atoms with Gasteiger partial charge in [-0.2, -0.15) is 0 Å². The fraction of sp³-hybridized carbons (Fsp3) is 0.474. The third-order valence-electron chi connectivity index (χ3n) is 4.29. The van der Waals surface area contributed by atoms with E-state index >= 15 is 0 Å². The predicted molar refractivity (Wildman–Crippen MR) is 90.5 cm³/mol. The molecule has 2 aromatic carbocycles. The van der Waals surface area contributed by atoms with Gasteiger partial charge in [0.25, 0.3) is 0 Å². The second kappa shape index (κ2) is 7.12. The molecule has 2 aromatic rings. The molecule has 1 fully saturated rings. The van der Waals surface area contributed by atoms with E-state index in [0.717, 1.165) is 31.4 Å². The highest BCUT2D eigenvalue weighted by Crippen LogP contribution is 2.32. The largest absolute Gasteiger partial charge is 0.493 e. The Balaban J connectivity index is 1.84. The molecule has 0 bridgehead atoms. The van der Waals surface area contributed by atoms with E-state index in [1.165, 1.54) is 34.7 Å². The molecule has 3 nitrogen and oxygen atoms in total. The number of hydrogen-bond acceptors (Lipinski definition) is 3. The summed E-state index contributed by atoms with van der Waals surface area (Å²) in [5.41, 5.74) is 2.69. The van der Waals surface area contributed by atoms with Gasteiger partial charge in [-0.25, -0.2) is 0 Å². The SMILES string of the molecule is COCCCOc1cc(CNC2CC2)c(C)c2ccccc12. The molecule has 0 unspecified atom stereocenters. The lowest BCUT2D eigenvalue weighted by atomic mass is 9.99. The van der Waals surface area contributed by atoms with Crippen molar-refractivity contribution in [3.05, 3.63) is 41.5 Å². The number of nitrogens with one attached hydrogen (secondary N) is 1. The van der Waals surface area contributed by atoms with E-state index in [9.17, 15) is 0 Å². The number of rotatable bonds is 8. The first-order valence-corrected chi connectivity index (χ1v) is 8.16. The van der Waals surface area contributed by atoms with Crippen LogP contribution in [-0.4, -0.2) is 26.4 Å². The van der Waals surface area contributed by atoms with Crippen LogP contribution in [0.2, 0.25) is 0 Å². The van der Waals surface area contributed by atoms with Crippen molar-refractivity contribution in [1.82, 2.24) is 5.32 Å². The van der Waals surface area contributed by atoms with E-state index in [4.69, 9.17) is 9.47 Å². The molecule has 1 saturated carbocycles. The third-order valence-corrected chi connectivity index (χ3v) is 4.29. The summed E-state index contributed by atoms with van der Waals surface area (Å²) in [4.78, 5) is 0. The Morgan fingerprint density at radius 3 is 2.64 bits per heavy atom. The second-order valence-corrected chi connectivity index (χ2v) is 6.05. The van der Waals surface area contributed by atoms with Gasteiger partial charge in [0, 0.05) is 38.1 Å². The molecular formula is C19H25NO2. The quantitative estimate of drug-likeness (QED) is 0.752. The number of methoxy groups -OCH3 is 1. The average molecular weight is 299 g/mol. The van der Waals surface area contributed by atoms with Crippen LogP contribution < -0.4 is 10.1 Å². The molecule has 118 valence electrons. The minimum absolute atomic E-state index is 0.691. The summed E-state index contributed by atoms with van der Waals surface area (Å²) in [5, 5.41) is 6.10. The van der Waals surface area contributed by atoms with Crippen LogP contribution in [0, 0.1) is 6.92 Å². The Labute approximate surface area is 132 Å². The van der Waals surface area contributed by atoms with E-state index in [2.05, 4.69) is 42.6 Å². The van der Waals surface area contributed by atoms with Gasteiger partial charge in [-0.1, -0.05) is 24.3 Å². The standard InChI is InChI=1S/C19H25NO2/c1-14-15(13-20-16-8-9-16)12-19(22-11-5-10-21-2)18-7-4-3-6-17(14)18/h3-4,6-7,12,16,20H,5,8-11,13H2,1-2H3. The first kappa shape index (κ1) is 15.3. The van der Waals surface area contributed by atoms with Gasteiger partial charge in [0.1, 0.15) is 5.75 Å². The molecule has 0 aliphatic heterocycles. The van der Waals surface area contributed by atoms with Crippen molar-refractivity contribution >= 4 is 10.8 Å². The van der Waals surface area contributed by atoms with Crippen LogP contribution in [0.5, 0.6) is 5.75 Å². The summed E-state index contributed by atoms with van der Waals surface area (Å²) in [6, 6.07) is 11.4. The van der Waals surface area contributed by atoms with E-state index in [-0.39, 0.29) is 0 Å². The van der Waals surface area contributed by atoms with Gasteiger partial charge < -0.3 is 14.8 Å². The molecule has 0 aromatic heterocycles. The van der Waals surface area contributed by atoms with Crippen LogP contribution >= 0.6 is 0 Å². The van der Waals surface area contributed by atoms with Gasteiger partial charge in [-0.05, 0) is 42.3 Å². The van der Waals surface area contributed by atoms with Crippen LogP contribution in [0.4, 0.5) is 0 Å². The van der Waals surface area contributed by atoms with Crippen molar-refractivity contribution in [2.24, 2.45) is 0 Å². The molecule has 0 radical (unpaired) electrons. The van der Waals surface area contributed by atoms with E-state index < -0.39 is 0 Å². The third kappa shape index (κ3) is 3.60. The number of ether oxygens (including phenoxy) is 2. The van der Waals surface area contributed by atoms with E-state index in [1.54, 1.807) is 7.11 Å². The minimum Gasteiger partial charge on any atom is -0.493 e. The van der Waals surface area contributed by atoms with Gasteiger partial charge in [-0.3, -0.25) is 0 Å². The van der Waals surface area contributed by atoms with E-state index in [1.807, 2.05) is 0 Å². The van der Waals surface area contributed by atoms with Crippen LogP contribution in [0.25, 0.3) is 10.8 Å². The Morgan fingerprint density at radius 2 is 1.91 bits per heavy atom. The predicted octanol–water partition coefficient (Wildman–Crippen LogP) is 3.82. The molecule has 0 heterocycles. The highest BCUT2D eigenvalue weighted by molar-refractivity contribution is 5.92. The molecule has 22 heavy (non-hydrogen) atoms. The summed E-state index contributed by atoms with van der Waals surface area (Å²) < 4.78 is 11.1. The van der Waals surface area contributed by atoms with Gasteiger partial charge >= 0.3 is 0 Å². The molecular weight excluding hydrogens is 274 g/mol. The minimum atomic E-state index is 0.691. The van der Waals surface area contributed by atoms with Crippen LogP contribution in [0.3, 0.4) is 0 Å². The number of fused-ring (bicyclic) bond motifs is 1. The summed E-state index contributed by atoms with van der Waals surface area (Å²) in [7, 11) is 1.73. The molecule has 0 atom stereocenters. The Kier molecular flexibility index (Phi) is 4.96. The van der Waals surface area contributed by atoms with Crippen molar-refractivity contribution in [1.29, 1.82) is 0 Å². The zero-order chi connectivity index (χ0) is 15.4. The zero-order valence-corrected chi connectivity index (χ0v) is 13.5. The normalized spacial score (nSPS) is 14.5. The van der Waals surface area contributed by atoms with Crippen molar-refractivity contribution in [2.45, 2.75) is 38.8 Å². The topological polar surface area (TPSA) is 30.5 Å². The first-order valence-electron chi connectivity index (χ1n) is 8.16. The van der Waals surface area contributed by atoms with Crippen LogP contribution in [0.1, 0.15) is 30.4 Å². The molecule has 0 amide bonds. The van der Waals surface area contributed by atoms with Gasteiger partial charge in [0.15, 0.2) is 0 Å². The smallest absolute Gasteiger partial charge is 0.127 e. The lowest BCUT2D eigenvalue weighted by molar-refractivity contribution is 0.172. The van der Waals surface area contributed by atoms with Crippen LogP contribution in [-0.2, 0) is 11.3 Å². The number of aryl methyl sites for hydroxylation is 1. The second-order valence-electron chi connectivity index (χ2n) is 6.05. The molecule has 3 rings (SSSR count). The molecule has 1 N–H and O–H groups in total. The lowest BCUT2D eigenvalue weighted by Gasteiger charge is -2.15. The monoisotopic (exact) mass is 299 g/mol. The van der Waals surface area contributed by atoms with Gasteiger partial charge in [0.2, 0.25) is 0 Å². The summed E-state index contributed by atoms with van der Waals surface area (Å²) >= 11 is 0. The maximum atomic E-state index is 6.03. The zero-order valence-electron chi connectivity index (χ0n) is 13.5. The Morgan fingerprint density at radius 1 is 1.14 bits per heavy atom. The van der Waals surface area contributed by atoms with Gasteiger partial charge in [-0.15, -0.1) is 0 Å². The maximum Gasteiger partial charge on any atom is 0.127 e. The summed E-state index contributed by atoms with van der Waals surface area (Å²) in [5.74, 6) is 0.991. The highest BCUT2D eigenvalue weighted by atomic mass is 16.5. The lowest BCUT2D eigenvalue weighted by Crippen LogP contribution is -2.16. The molecule has 0 saturated heterocycles. The summed E-state index contributed by atoms with van der Waals surface area (Å²) in [6.07, 6.45) is 3.54. The fourth-order valence-corrected chi connectivity index (χ4v) is 2.77. The van der Waals surface area contributed by atoms with Crippen molar-refractivity contribution in [3.8, 4) is 5.75 Å². The summed E-state index contributed by atoms with van der Waals surface area (Å²) in [6.45, 7) is 4.56. The molecule has 3 heteroatoms. The molecule has 0 spiro atoms. The molecule has 1 aliphatic carbocycles. The Hall–Kier alpha value is -1.58. The highest BCUT2D eigenvalue weighted by Gasteiger charge is 2.20. The van der Waals surface area contributed by atoms with Crippen molar-refractivity contribution in [2.75, 3.05) is 20.3 Å². The fourth-order valence-electron chi connectivity index (χ4n) is 2.77. The van der Waals surface area contributed by atoms with E-state index in [0.29, 0.717) is 6.61 Å².